The lowest BCUT2D eigenvalue weighted by Crippen LogP contribution is -2.32. The molecule has 2 unspecified atom stereocenters. The molecule has 3 aromatic heterocycles. The van der Waals surface area contributed by atoms with Crippen LogP contribution >= 0.6 is 0 Å². The van der Waals surface area contributed by atoms with Gasteiger partial charge in [0.2, 0.25) is 0 Å². The zero-order valence-corrected chi connectivity index (χ0v) is 37.6. The Morgan fingerprint density at radius 3 is 2.06 bits per heavy atom. The predicted molar refractivity (Wildman–Crippen MR) is 286 cm³/mol. The first kappa shape index (κ1) is 38.2. The summed E-state index contributed by atoms with van der Waals surface area (Å²) in [5.41, 5.74) is 9.91. The average Bonchev–Trinajstić information content (AvgIpc) is 3.95. The minimum atomic E-state index is -0.197. The van der Waals surface area contributed by atoms with Gasteiger partial charge in [0, 0.05) is 49.6 Å². The molecule has 0 saturated carbocycles. The number of benzene rings is 10. The highest BCUT2D eigenvalue weighted by Gasteiger charge is 2.37. The Bertz CT molecular complexity index is 4470. The van der Waals surface area contributed by atoms with Crippen LogP contribution in [0.2, 0.25) is 0 Å². The van der Waals surface area contributed by atoms with Crippen molar-refractivity contribution in [2.75, 3.05) is 0 Å². The average molecular weight is 881 g/mol. The summed E-state index contributed by atoms with van der Waals surface area (Å²) in [7, 11) is 0. The maximum atomic E-state index is 7.06. The summed E-state index contributed by atoms with van der Waals surface area (Å²) >= 11 is 0. The van der Waals surface area contributed by atoms with Crippen LogP contribution in [0.15, 0.2) is 217 Å². The molecule has 10 aromatic carbocycles. The third-order valence-electron chi connectivity index (χ3n) is 15.1. The molecule has 0 saturated heterocycles. The third kappa shape index (κ3) is 5.62. The van der Waals surface area contributed by atoms with Crippen LogP contribution in [0.4, 0.5) is 0 Å². The molecule has 5 nitrogen and oxygen atoms in total. The highest BCUT2D eigenvalue weighted by Crippen LogP contribution is 2.47. The molecule has 0 bridgehead atoms. The van der Waals surface area contributed by atoms with E-state index in [1.165, 1.54) is 59.6 Å². The highest BCUT2D eigenvalue weighted by molar-refractivity contribution is 6.24. The van der Waals surface area contributed by atoms with E-state index in [1.807, 2.05) is 6.07 Å². The lowest BCUT2D eigenvalue weighted by Gasteiger charge is -2.39. The normalized spacial score (nSPS) is 16.7. The van der Waals surface area contributed by atoms with E-state index in [4.69, 9.17) is 19.4 Å². The van der Waals surface area contributed by atoms with Gasteiger partial charge in [-0.25, -0.2) is 15.0 Å². The summed E-state index contributed by atoms with van der Waals surface area (Å²) in [6.45, 7) is 2.33. The first-order valence-corrected chi connectivity index (χ1v) is 23.7. The fraction of sp³-hybridized carbons (Fsp3) is 0.0469. The fourth-order valence-corrected chi connectivity index (χ4v) is 11.6. The number of hydrogen-bond donors (Lipinski definition) is 0. The van der Waals surface area contributed by atoms with Crippen LogP contribution in [0.1, 0.15) is 23.9 Å². The molecule has 2 aliphatic carbocycles. The molecule has 0 aliphatic heterocycles. The molecule has 2 aliphatic rings. The summed E-state index contributed by atoms with van der Waals surface area (Å²) in [6, 6.07) is 67.5. The van der Waals surface area contributed by atoms with Gasteiger partial charge in [0.1, 0.15) is 5.58 Å². The van der Waals surface area contributed by atoms with E-state index in [1.54, 1.807) is 0 Å². The minimum absolute atomic E-state index is 0.120. The van der Waals surface area contributed by atoms with Crippen LogP contribution in [0.25, 0.3) is 127 Å². The molecular weight excluding hydrogens is 841 g/mol. The fourth-order valence-electron chi connectivity index (χ4n) is 11.6. The van der Waals surface area contributed by atoms with Crippen molar-refractivity contribution in [3.63, 3.8) is 0 Å². The van der Waals surface area contributed by atoms with Gasteiger partial charge in [0.15, 0.2) is 23.1 Å². The van der Waals surface area contributed by atoms with Crippen molar-refractivity contribution in [3.8, 4) is 28.5 Å². The van der Waals surface area contributed by atoms with Gasteiger partial charge in [-0.15, -0.1) is 0 Å². The number of fused-ring (bicyclic) bond motifs is 15. The van der Waals surface area contributed by atoms with Crippen molar-refractivity contribution in [3.05, 3.63) is 229 Å². The number of para-hydroxylation sites is 1. The molecule has 3 heterocycles. The number of furan rings is 1. The predicted octanol–water partition coefficient (Wildman–Crippen LogP) is 16.4. The van der Waals surface area contributed by atoms with Crippen molar-refractivity contribution in [1.29, 1.82) is 0 Å². The summed E-state index contributed by atoms with van der Waals surface area (Å²) in [6.07, 6.45) is 11.5. The Balaban J connectivity index is 0.983. The second kappa shape index (κ2) is 14.3. The van der Waals surface area contributed by atoms with Crippen molar-refractivity contribution in [2.24, 2.45) is 5.92 Å². The number of aromatic nitrogens is 4. The van der Waals surface area contributed by atoms with Gasteiger partial charge in [-0.05, 0) is 96.7 Å². The molecule has 13 aromatic rings. The van der Waals surface area contributed by atoms with Crippen molar-refractivity contribution in [2.45, 2.75) is 12.3 Å². The Morgan fingerprint density at radius 1 is 0.493 bits per heavy atom. The monoisotopic (exact) mass is 880 g/mol. The molecule has 0 spiro atoms. The van der Waals surface area contributed by atoms with Crippen molar-refractivity contribution in [1.82, 2.24) is 19.5 Å². The molecule has 2 atom stereocenters. The highest BCUT2D eigenvalue weighted by atomic mass is 16.3. The van der Waals surface area contributed by atoms with Crippen LogP contribution in [-0.4, -0.2) is 19.5 Å². The van der Waals surface area contributed by atoms with Crippen LogP contribution in [0.3, 0.4) is 0 Å². The van der Waals surface area contributed by atoms with E-state index in [2.05, 4.69) is 224 Å². The Hall–Kier alpha value is -8.93. The van der Waals surface area contributed by atoms with Gasteiger partial charge in [-0.1, -0.05) is 183 Å². The quantitative estimate of drug-likeness (QED) is 0.165. The molecule has 69 heavy (non-hydrogen) atoms. The molecule has 322 valence electrons. The van der Waals surface area contributed by atoms with Gasteiger partial charge in [-0.3, -0.25) is 0 Å². The molecule has 0 fully saturated rings. The molecule has 0 amide bonds. The molecule has 5 heteroatoms. The minimum Gasteiger partial charge on any atom is -0.454 e. The van der Waals surface area contributed by atoms with Crippen molar-refractivity contribution >= 4 is 98.5 Å². The van der Waals surface area contributed by atoms with Gasteiger partial charge >= 0.3 is 0 Å². The number of nitrogens with zero attached hydrogens (tertiary/aromatic N) is 4. The molecule has 15 rings (SSSR count). The summed E-state index contributed by atoms with van der Waals surface area (Å²) in [5, 5.41) is 14.0. The van der Waals surface area contributed by atoms with E-state index >= 15 is 0 Å². The van der Waals surface area contributed by atoms with E-state index in [0.29, 0.717) is 17.5 Å². The maximum absolute atomic E-state index is 7.06. The third-order valence-corrected chi connectivity index (χ3v) is 15.1. The second-order valence-corrected chi connectivity index (χ2v) is 18.9. The van der Waals surface area contributed by atoms with E-state index in [-0.39, 0.29) is 11.3 Å². The smallest absolute Gasteiger partial charge is 0.164 e. The van der Waals surface area contributed by atoms with E-state index in [9.17, 15) is 0 Å². The second-order valence-electron chi connectivity index (χ2n) is 18.9. The number of hydrogen-bond acceptors (Lipinski definition) is 4. The maximum Gasteiger partial charge on any atom is 0.164 e. The lowest BCUT2D eigenvalue weighted by molar-refractivity contribution is 0.494. The van der Waals surface area contributed by atoms with Crippen LogP contribution in [0.5, 0.6) is 0 Å². The topological polar surface area (TPSA) is 56.7 Å². The number of allylic oxidation sites excluding steroid dienone is 5. The Labute approximate surface area is 396 Å². The SMILES string of the molecule is CC12C=CC(c3nc(-c4ccc5c(ccc6ccccc65)c4)nc(-c4ccc(-n5c6cc7ccccc7cc6c6c7ccccc7ccc65)c5oc6ccccc6c45)n3)=CC1C=Cc1ccccc12. The Morgan fingerprint density at radius 2 is 1.17 bits per heavy atom. The standard InChI is InChI=1S/C64H40N4O/c1-64-33-32-45(35-46(64)27-24-40-14-6-10-20-53(40)64)62-65-61(44-25-28-48-43(34-44)23-22-38-12-4-7-17-47(38)48)66-63(67-62)51-29-31-55(60-59(51)50-19-9-11-21-57(50)69-60)68-54-30-26-39-13-5-8-18-49(39)58(54)52-36-41-15-2-3-16-42(41)37-56(52)68/h2-37,46H,1H3. The summed E-state index contributed by atoms with van der Waals surface area (Å²) in [4.78, 5) is 16.2. The van der Waals surface area contributed by atoms with Crippen molar-refractivity contribution < 1.29 is 4.42 Å². The van der Waals surface area contributed by atoms with Gasteiger partial charge in [0.05, 0.1) is 16.7 Å². The first-order chi connectivity index (χ1) is 34.0. The van der Waals surface area contributed by atoms with E-state index < -0.39 is 0 Å². The van der Waals surface area contributed by atoms with Gasteiger partial charge in [0.25, 0.3) is 0 Å². The Kier molecular flexibility index (Phi) is 7.91. The first-order valence-electron chi connectivity index (χ1n) is 23.7. The summed E-state index contributed by atoms with van der Waals surface area (Å²) < 4.78 is 9.46. The number of rotatable bonds is 4. The largest absolute Gasteiger partial charge is 0.454 e. The zero-order chi connectivity index (χ0) is 45.4. The van der Waals surface area contributed by atoms with Crippen LogP contribution in [-0.2, 0) is 5.41 Å². The van der Waals surface area contributed by atoms with Crippen LogP contribution < -0.4 is 0 Å². The van der Waals surface area contributed by atoms with E-state index in [0.717, 1.165) is 60.7 Å². The molecule has 0 radical (unpaired) electrons. The van der Waals surface area contributed by atoms with Gasteiger partial charge < -0.3 is 8.98 Å². The lowest BCUT2D eigenvalue weighted by atomic mass is 9.65. The molecular formula is C64H40N4O. The van der Waals surface area contributed by atoms with Crippen LogP contribution in [0, 0.1) is 5.92 Å². The molecule has 0 N–H and O–H groups in total. The van der Waals surface area contributed by atoms with Gasteiger partial charge in [-0.2, -0.15) is 0 Å². The zero-order valence-electron chi connectivity index (χ0n) is 37.6. The summed E-state index contributed by atoms with van der Waals surface area (Å²) in [5.74, 6) is 1.95.